The van der Waals surface area contributed by atoms with Gasteiger partial charge in [-0.3, -0.25) is 4.99 Å². The monoisotopic (exact) mass is 559 g/mol. The third kappa shape index (κ3) is 4.51. The first-order valence-electron chi connectivity index (χ1n) is 15.1. The van der Waals surface area contributed by atoms with Crippen LogP contribution >= 0.6 is 0 Å². The Morgan fingerprint density at radius 1 is 1.30 bits per heavy atom. The summed E-state index contributed by atoms with van der Waals surface area (Å²) in [7, 11) is 3.65. The van der Waals surface area contributed by atoms with Crippen molar-refractivity contribution in [3.8, 4) is 0 Å². The van der Waals surface area contributed by atoms with Gasteiger partial charge in [0.25, 0.3) is 0 Å². The summed E-state index contributed by atoms with van der Waals surface area (Å²) < 4.78 is 6.38. The molecule has 0 aromatic rings. The molecular weight excluding hydrogens is 510 g/mol. The van der Waals surface area contributed by atoms with Gasteiger partial charge in [0.05, 0.1) is 24.9 Å². The number of carbonyl (C=O) groups is 1. The fourth-order valence-electron chi connectivity index (χ4n) is 9.54. The second-order valence-electron chi connectivity index (χ2n) is 12.9. The van der Waals surface area contributed by atoms with Gasteiger partial charge in [0, 0.05) is 49.8 Å². The molecule has 4 aliphatic carbocycles. The number of hydrogen-bond acceptors (Lipinski definition) is 7. The van der Waals surface area contributed by atoms with Crippen LogP contribution in [0.5, 0.6) is 0 Å². The van der Waals surface area contributed by atoms with Gasteiger partial charge < -0.3 is 41.3 Å². The van der Waals surface area contributed by atoms with Crippen LogP contribution in [0.25, 0.3) is 0 Å². The molecule has 224 valence electrons. The molecule has 1 heterocycles. The Kier molecular flexibility index (Phi) is 8.38. The summed E-state index contributed by atoms with van der Waals surface area (Å²) in [6.07, 6.45) is 11.2. The van der Waals surface area contributed by atoms with E-state index in [4.69, 9.17) is 10.5 Å². The number of aliphatic imine (C=N–C) groups is 1. The summed E-state index contributed by atoms with van der Waals surface area (Å²) in [5, 5.41) is 39.2. The van der Waals surface area contributed by atoms with E-state index in [1.807, 2.05) is 18.1 Å². The molecule has 0 amide bonds. The highest BCUT2D eigenvalue weighted by Gasteiger charge is 2.75. The van der Waals surface area contributed by atoms with Crippen LogP contribution in [0.3, 0.4) is 0 Å². The SMILES string of the molecule is CN=C(N)N1C=C[C@H](CNCCO)[C@@]2(C1)[C@@H]1CC[C@@H](C)[C@]23C[C@@](O)(CO[C@H]2CCC[C@H](NC)C2)C(C(=O)O)=C3C1. The minimum Gasteiger partial charge on any atom is -0.478 e. The van der Waals surface area contributed by atoms with Gasteiger partial charge in [-0.2, -0.15) is 0 Å². The lowest BCUT2D eigenvalue weighted by molar-refractivity contribution is -0.143. The van der Waals surface area contributed by atoms with Crippen LogP contribution in [0.2, 0.25) is 0 Å². The zero-order valence-electron chi connectivity index (χ0n) is 24.4. The van der Waals surface area contributed by atoms with Crippen molar-refractivity contribution in [2.75, 3.05) is 46.9 Å². The number of aliphatic hydroxyl groups excluding tert-OH is 1. The normalized spacial score (nSPS) is 41.2. The van der Waals surface area contributed by atoms with Crippen LogP contribution in [0.4, 0.5) is 0 Å². The number of hydrogen-bond donors (Lipinski definition) is 6. The van der Waals surface area contributed by atoms with Crippen molar-refractivity contribution in [1.82, 2.24) is 15.5 Å². The molecule has 5 rings (SSSR count). The second-order valence-corrected chi connectivity index (χ2v) is 12.9. The molecule has 0 unspecified atom stereocenters. The van der Waals surface area contributed by atoms with Gasteiger partial charge >= 0.3 is 5.97 Å². The van der Waals surface area contributed by atoms with Gasteiger partial charge in [0.1, 0.15) is 5.60 Å². The summed E-state index contributed by atoms with van der Waals surface area (Å²) in [5.41, 5.74) is 5.04. The molecule has 0 aromatic heterocycles. The molecule has 40 heavy (non-hydrogen) atoms. The zero-order chi connectivity index (χ0) is 28.7. The number of carboxylic acid groups (broad SMARTS) is 1. The molecule has 0 saturated heterocycles. The lowest BCUT2D eigenvalue weighted by Gasteiger charge is -2.61. The van der Waals surface area contributed by atoms with E-state index >= 15 is 0 Å². The van der Waals surface area contributed by atoms with E-state index in [0.29, 0.717) is 44.5 Å². The third-order valence-corrected chi connectivity index (χ3v) is 11.3. The van der Waals surface area contributed by atoms with Gasteiger partial charge in [-0.05, 0) is 81.7 Å². The molecule has 0 aromatic carbocycles. The van der Waals surface area contributed by atoms with E-state index in [1.165, 1.54) is 0 Å². The number of allylic oxidation sites excluding steroid dienone is 1. The molecule has 8 atom stereocenters. The number of nitrogens with two attached hydrogens (primary N) is 1. The maximum atomic E-state index is 13.0. The maximum absolute atomic E-state index is 13.0. The molecule has 10 nitrogen and oxygen atoms in total. The van der Waals surface area contributed by atoms with Crippen molar-refractivity contribution >= 4 is 11.9 Å². The van der Waals surface area contributed by atoms with Crippen molar-refractivity contribution < 1.29 is 24.9 Å². The summed E-state index contributed by atoms with van der Waals surface area (Å²) in [4.78, 5) is 19.3. The standard InChI is InChI=1S/C30H49N5O5/c1-19-7-8-20-13-24-25(26(37)38)28(39,18-40-23-6-4-5-22(14-23)32-2)16-29(19,24)30(20)17-35(27(31)33-3)11-9-21(30)15-34-10-12-36/h9,11,19-23,32,34,36,39H,4-8,10,12-18H2,1-3H3,(H2,31,33)(H,37,38)/t19-,20-,21-,22+,23+,28-,29+,30-/m1/s1. The molecular formula is C30H49N5O5. The first-order valence-corrected chi connectivity index (χ1v) is 15.1. The van der Waals surface area contributed by atoms with Crippen LogP contribution in [-0.2, 0) is 9.53 Å². The van der Waals surface area contributed by atoms with E-state index in [1.54, 1.807) is 7.05 Å². The molecule has 7 N–H and O–H groups in total. The van der Waals surface area contributed by atoms with E-state index in [9.17, 15) is 20.1 Å². The minimum absolute atomic E-state index is 0.00000912. The zero-order valence-corrected chi connectivity index (χ0v) is 24.4. The summed E-state index contributed by atoms with van der Waals surface area (Å²) >= 11 is 0. The summed E-state index contributed by atoms with van der Waals surface area (Å²) in [6.45, 7) is 4.07. The minimum atomic E-state index is -1.56. The lowest BCUT2D eigenvalue weighted by atomic mass is 9.46. The Hall–Kier alpha value is -1.98. The average molecular weight is 560 g/mol. The van der Waals surface area contributed by atoms with E-state index < -0.39 is 17.0 Å². The largest absolute Gasteiger partial charge is 0.478 e. The fraction of sp³-hybridized carbons (Fsp3) is 0.800. The molecule has 3 fully saturated rings. The number of rotatable bonds is 9. The second kappa shape index (κ2) is 11.4. The Bertz CT molecular complexity index is 1060. The van der Waals surface area contributed by atoms with Gasteiger partial charge in [-0.25, -0.2) is 4.79 Å². The summed E-state index contributed by atoms with van der Waals surface area (Å²) in [5.74, 6) is -0.0770. The van der Waals surface area contributed by atoms with Crippen LogP contribution in [0, 0.1) is 28.6 Å². The van der Waals surface area contributed by atoms with Crippen LogP contribution in [-0.4, -0.2) is 96.8 Å². The van der Waals surface area contributed by atoms with Crippen molar-refractivity contribution in [3.63, 3.8) is 0 Å². The Morgan fingerprint density at radius 2 is 2.10 bits per heavy atom. The van der Waals surface area contributed by atoms with Gasteiger partial charge in [0.15, 0.2) is 5.96 Å². The smallest absolute Gasteiger partial charge is 0.334 e. The topological polar surface area (TPSA) is 153 Å². The first kappa shape index (κ1) is 29.5. The van der Waals surface area contributed by atoms with Crippen LogP contribution < -0.4 is 16.4 Å². The number of guanidine groups is 1. The number of aliphatic carboxylic acids is 1. The van der Waals surface area contributed by atoms with Crippen LogP contribution in [0.1, 0.15) is 58.3 Å². The number of ether oxygens (including phenoxy) is 1. The number of carboxylic acids is 1. The molecule has 5 aliphatic rings. The van der Waals surface area contributed by atoms with Crippen molar-refractivity contribution in [2.24, 2.45) is 39.3 Å². The number of nitrogens with zero attached hydrogens (tertiary/aromatic N) is 2. The molecule has 3 saturated carbocycles. The predicted molar refractivity (Wildman–Crippen MR) is 153 cm³/mol. The lowest BCUT2D eigenvalue weighted by Crippen LogP contribution is -2.62. The summed E-state index contributed by atoms with van der Waals surface area (Å²) in [6, 6.07) is 0.382. The highest BCUT2D eigenvalue weighted by molar-refractivity contribution is 5.92. The van der Waals surface area contributed by atoms with Gasteiger partial charge in [0.2, 0.25) is 0 Å². The predicted octanol–water partition coefficient (Wildman–Crippen LogP) is 1.44. The molecule has 1 aliphatic heterocycles. The first-order chi connectivity index (χ1) is 19.2. The molecule has 0 radical (unpaired) electrons. The van der Waals surface area contributed by atoms with Crippen LogP contribution in [0.15, 0.2) is 28.4 Å². The van der Waals surface area contributed by atoms with E-state index in [-0.39, 0.29) is 48.1 Å². The third-order valence-electron chi connectivity index (χ3n) is 11.3. The number of nitrogens with one attached hydrogen (secondary N) is 2. The fourth-order valence-corrected chi connectivity index (χ4v) is 9.54. The Labute approximate surface area is 238 Å². The quantitative estimate of drug-likeness (QED) is 0.140. The Balaban J connectivity index is 1.56. The van der Waals surface area contributed by atoms with Crippen molar-refractivity contribution in [1.29, 1.82) is 0 Å². The van der Waals surface area contributed by atoms with Gasteiger partial charge in [-0.1, -0.05) is 13.0 Å². The highest BCUT2D eigenvalue weighted by Crippen LogP contribution is 2.77. The molecule has 2 spiro atoms. The van der Waals surface area contributed by atoms with E-state index in [2.05, 4.69) is 28.6 Å². The molecule has 2 bridgehead atoms. The van der Waals surface area contributed by atoms with Gasteiger partial charge in [-0.15, -0.1) is 0 Å². The van der Waals surface area contributed by atoms with Crippen molar-refractivity contribution in [3.05, 3.63) is 23.4 Å². The van der Waals surface area contributed by atoms with E-state index in [0.717, 1.165) is 44.1 Å². The highest BCUT2D eigenvalue weighted by atomic mass is 16.5. The molecule has 10 heteroatoms. The average Bonchev–Trinajstić information content (AvgIpc) is 3.30. The number of aliphatic hydroxyl groups is 2. The van der Waals surface area contributed by atoms with Crippen molar-refractivity contribution in [2.45, 2.75) is 76.0 Å². The maximum Gasteiger partial charge on any atom is 0.334 e. The Morgan fingerprint density at radius 3 is 2.80 bits per heavy atom.